The number of nitrogens with zero attached hydrogens (tertiary/aromatic N) is 5. The zero-order valence-electron chi connectivity index (χ0n) is 23.0. The number of carboxylic acids is 1. The summed E-state index contributed by atoms with van der Waals surface area (Å²) in [4.78, 5) is 19.9. The maximum Gasteiger partial charge on any atom is 0.490 e. The number of halogens is 4. The van der Waals surface area contributed by atoms with Crippen molar-refractivity contribution in [3.8, 4) is 22.8 Å². The van der Waals surface area contributed by atoms with E-state index in [-0.39, 0.29) is 0 Å². The summed E-state index contributed by atoms with van der Waals surface area (Å²) in [7, 11) is 0. The molecule has 4 N–H and O–H groups in total. The molecule has 2 aliphatic rings. The first-order valence-corrected chi connectivity index (χ1v) is 13.8. The molecule has 0 saturated carbocycles. The highest BCUT2D eigenvalue weighted by Gasteiger charge is 2.38. The first-order chi connectivity index (χ1) is 20.6. The van der Waals surface area contributed by atoms with Gasteiger partial charge in [0.1, 0.15) is 35.5 Å². The molecule has 0 spiro atoms. The standard InChI is InChI=1S/C27H30FN7O.C2HF3O2/c28-22-16-34(19-10-13-30-14-11-19)15-12-23(22)35-27-24(26(29)31-17-32-27)25(33-35)18-6-8-21(9-7-18)36-20-4-2-1-3-5-20;3-2(4,5)1(6)7/h1-9,17,19,22-23,30H,10-16H2,(H2,29,31,32);(H,6,7). The predicted molar refractivity (Wildman–Crippen MR) is 151 cm³/mol. The highest BCUT2D eigenvalue weighted by molar-refractivity contribution is 5.98. The van der Waals surface area contributed by atoms with E-state index in [2.05, 4.69) is 20.2 Å². The van der Waals surface area contributed by atoms with Crippen LogP contribution in [0.25, 0.3) is 22.3 Å². The maximum absolute atomic E-state index is 15.6. The smallest absolute Gasteiger partial charge is 0.475 e. The Morgan fingerprint density at radius 1 is 1.00 bits per heavy atom. The molecule has 2 aliphatic heterocycles. The zero-order valence-corrected chi connectivity index (χ0v) is 23.0. The van der Waals surface area contributed by atoms with Gasteiger partial charge in [0, 0.05) is 24.7 Å². The fourth-order valence-corrected chi connectivity index (χ4v) is 5.43. The van der Waals surface area contributed by atoms with E-state index in [0.29, 0.717) is 47.3 Å². The van der Waals surface area contributed by atoms with Gasteiger partial charge in [0.2, 0.25) is 0 Å². The van der Waals surface area contributed by atoms with Crippen LogP contribution in [0.3, 0.4) is 0 Å². The average Bonchev–Trinajstić information content (AvgIpc) is 3.39. The van der Waals surface area contributed by atoms with Crippen LogP contribution in [0, 0.1) is 0 Å². The first kappa shape index (κ1) is 30.2. The molecule has 0 aliphatic carbocycles. The second-order valence-electron chi connectivity index (χ2n) is 10.3. The number of anilines is 1. The largest absolute Gasteiger partial charge is 0.490 e. The molecule has 2 aromatic carbocycles. The minimum Gasteiger partial charge on any atom is -0.475 e. The fraction of sp³-hybridized carbons (Fsp3) is 0.379. The molecule has 228 valence electrons. The van der Waals surface area contributed by atoms with Crippen molar-refractivity contribution in [3.05, 3.63) is 60.9 Å². The van der Waals surface area contributed by atoms with Crippen LogP contribution in [0.4, 0.5) is 23.4 Å². The molecular formula is C29H31F4N7O3. The number of rotatable bonds is 5. The fourth-order valence-electron chi connectivity index (χ4n) is 5.43. The van der Waals surface area contributed by atoms with Gasteiger partial charge in [-0.3, -0.25) is 4.90 Å². The number of piperidine rings is 2. The van der Waals surface area contributed by atoms with Gasteiger partial charge in [-0.1, -0.05) is 18.2 Å². The molecule has 0 amide bonds. The number of nitrogens with one attached hydrogen (secondary N) is 1. The number of alkyl halides is 4. The Labute approximate surface area is 244 Å². The van der Waals surface area contributed by atoms with Gasteiger partial charge in [-0.05, 0) is 68.8 Å². The predicted octanol–water partition coefficient (Wildman–Crippen LogP) is 4.84. The number of carboxylic acid groups (broad SMARTS) is 1. The molecule has 2 fully saturated rings. The van der Waals surface area contributed by atoms with Crippen LogP contribution in [0.15, 0.2) is 60.9 Å². The first-order valence-electron chi connectivity index (χ1n) is 13.8. The highest BCUT2D eigenvalue weighted by Crippen LogP contribution is 2.36. The monoisotopic (exact) mass is 601 g/mol. The van der Waals surface area contributed by atoms with Crippen LogP contribution < -0.4 is 15.8 Å². The number of aliphatic carboxylic acids is 1. The molecule has 2 saturated heterocycles. The summed E-state index contributed by atoms with van der Waals surface area (Å²) in [6.07, 6.45) is -1.88. The Morgan fingerprint density at radius 3 is 2.28 bits per heavy atom. The second-order valence-corrected chi connectivity index (χ2v) is 10.3. The molecule has 4 aromatic rings. The number of nitrogens with two attached hydrogens (primary N) is 1. The van der Waals surface area contributed by atoms with Crippen LogP contribution in [-0.4, -0.2) is 80.3 Å². The number of ether oxygens (including phenoxy) is 1. The van der Waals surface area contributed by atoms with E-state index in [1.54, 1.807) is 4.68 Å². The summed E-state index contributed by atoms with van der Waals surface area (Å²) in [5, 5.41) is 16.0. The number of para-hydroxylation sites is 1. The molecule has 2 atom stereocenters. The van der Waals surface area contributed by atoms with Gasteiger partial charge < -0.3 is 20.9 Å². The van der Waals surface area contributed by atoms with Gasteiger partial charge in [-0.2, -0.15) is 18.3 Å². The third-order valence-electron chi connectivity index (χ3n) is 7.55. The number of benzene rings is 2. The molecule has 10 nitrogen and oxygen atoms in total. The second kappa shape index (κ2) is 12.9. The number of likely N-dealkylation sites (tertiary alicyclic amines) is 1. The molecule has 6 rings (SSSR count). The van der Waals surface area contributed by atoms with Crippen LogP contribution >= 0.6 is 0 Å². The lowest BCUT2D eigenvalue weighted by molar-refractivity contribution is -0.192. The summed E-state index contributed by atoms with van der Waals surface area (Å²) in [5.41, 5.74) is 8.37. The Kier molecular flexibility index (Phi) is 9.06. The lowest BCUT2D eigenvalue weighted by Gasteiger charge is -2.41. The van der Waals surface area contributed by atoms with Crippen molar-refractivity contribution in [2.75, 3.05) is 31.9 Å². The van der Waals surface area contributed by atoms with Gasteiger partial charge in [-0.25, -0.2) is 23.8 Å². The normalized spacial score (nSPS) is 19.9. The van der Waals surface area contributed by atoms with Gasteiger partial charge in [0.25, 0.3) is 0 Å². The van der Waals surface area contributed by atoms with E-state index in [1.165, 1.54) is 6.33 Å². The van der Waals surface area contributed by atoms with Crippen molar-refractivity contribution in [1.82, 2.24) is 30.0 Å². The van der Waals surface area contributed by atoms with Crippen molar-refractivity contribution in [2.24, 2.45) is 0 Å². The minimum atomic E-state index is -5.08. The molecule has 4 heterocycles. The van der Waals surface area contributed by atoms with Crippen molar-refractivity contribution < 1.29 is 32.2 Å². The third kappa shape index (κ3) is 7.03. The number of hydrogen-bond donors (Lipinski definition) is 3. The van der Waals surface area contributed by atoms with Gasteiger partial charge >= 0.3 is 12.1 Å². The summed E-state index contributed by atoms with van der Waals surface area (Å²) in [5.74, 6) is -0.935. The van der Waals surface area contributed by atoms with Crippen LogP contribution in [0.2, 0.25) is 0 Å². The van der Waals surface area contributed by atoms with Crippen molar-refractivity contribution in [3.63, 3.8) is 0 Å². The van der Waals surface area contributed by atoms with Crippen molar-refractivity contribution in [2.45, 2.75) is 43.7 Å². The van der Waals surface area contributed by atoms with E-state index < -0.39 is 24.4 Å². The van der Waals surface area contributed by atoms with E-state index in [9.17, 15) is 13.2 Å². The summed E-state index contributed by atoms with van der Waals surface area (Å²) < 4.78 is 55.0. The van der Waals surface area contributed by atoms with Gasteiger partial charge in [-0.15, -0.1) is 0 Å². The van der Waals surface area contributed by atoms with E-state index in [4.69, 9.17) is 25.5 Å². The summed E-state index contributed by atoms with van der Waals surface area (Å²) in [6, 6.07) is 17.3. The molecule has 14 heteroatoms. The number of nitrogen functional groups attached to an aromatic ring is 1. The van der Waals surface area contributed by atoms with E-state index in [1.807, 2.05) is 54.6 Å². The van der Waals surface area contributed by atoms with Crippen LogP contribution in [0.5, 0.6) is 11.5 Å². The zero-order chi connectivity index (χ0) is 30.6. The van der Waals surface area contributed by atoms with Crippen LogP contribution in [0.1, 0.15) is 25.3 Å². The molecule has 0 bridgehead atoms. The quantitative estimate of drug-likeness (QED) is 0.275. The highest BCUT2D eigenvalue weighted by atomic mass is 19.4. The van der Waals surface area contributed by atoms with E-state index in [0.717, 1.165) is 43.8 Å². The van der Waals surface area contributed by atoms with Crippen molar-refractivity contribution >= 4 is 22.8 Å². The third-order valence-corrected chi connectivity index (χ3v) is 7.55. The Morgan fingerprint density at radius 2 is 1.65 bits per heavy atom. The maximum atomic E-state index is 15.6. The molecule has 0 radical (unpaired) electrons. The summed E-state index contributed by atoms with van der Waals surface area (Å²) >= 11 is 0. The number of carbonyl (C=O) groups is 1. The van der Waals surface area contributed by atoms with Crippen LogP contribution in [-0.2, 0) is 4.79 Å². The molecule has 43 heavy (non-hydrogen) atoms. The lowest BCUT2D eigenvalue weighted by atomic mass is 9.97. The van der Waals surface area contributed by atoms with Gasteiger partial charge in [0.05, 0.1) is 11.4 Å². The summed E-state index contributed by atoms with van der Waals surface area (Å²) in [6.45, 7) is 3.26. The molecule has 2 unspecified atom stereocenters. The Bertz CT molecular complexity index is 1530. The average molecular weight is 602 g/mol. The SMILES string of the molecule is Nc1ncnc2c1c(-c1ccc(Oc3ccccc3)cc1)nn2C1CCN(C2CCNCC2)CC1F.O=C(O)C(F)(F)F. The molecular weight excluding hydrogens is 570 g/mol. The minimum absolute atomic E-state index is 0.341. The van der Waals surface area contributed by atoms with E-state index >= 15 is 4.39 Å². The Hall–Kier alpha value is -4.30. The van der Waals surface area contributed by atoms with Crippen molar-refractivity contribution in [1.29, 1.82) is 0 Å². The number of fused-ring (bicyclic) bond motifs is 1. The lowest BCUT2D eigenvalue weighted by Crippen LogP contribution is -2.50. The Balaban J connectivity index is 0.000000472. The van der Waals surface area contributed by atoms with Gasteiger partial charge in [0.15, 0.2) is 5.65 Å². The number of aromatic nitrogens is 4. The molecule has 2 aromatic heterocycles. The number of hydrogen-bond acceptors (Lipinski definition) is 8. The topological polar surface area (TPSA) is 131 Å².